The number of allylic oxidation sites excluding steroid dienone is 1. The van der Waals surface area contributed by atoms with Crippen molar-refractivity contribution in [3.63, 3.8) is 0 Å². The molecule has 0 saturated heterocycles. The summed E-state index contributed by atoms with van der Waals surface area (Å²) in [4.78, 5) is 33.1. The predicted molar refractivity (Wildman–Crippen MR) is 173 cm³/mol. The molecule has 43 heavy (non-hydrogen) atoms. The van der Waals surface area contributed by atoms with E-state index in [2.05, 4.69) is 27.8 Å². The monoisotopic (exact) mass is 659 g/mol. The van der Waals surface area contributed by atoms with Gasteiger partial charge in [-0.2, -0.15) is 0 Å². The zero-order valence-corrected chi connectivity index (χ0v) is 26.3. The summed E-state index contributed by atoms with van der Waals surface area (Å²) < 4.78 is 19.7. The lowest BCUT2D eigenvalue weighted by atomic mass is 9.95. The number of para-hydroxylation sites is 1. The van der Waals surface area contributed by atoms with Crippen molar-refractivity contribution in [2.75, 3.05) is 25.6 Å². The summed E-state index contributed by atoms with van der Waals surface area (Å²) in [6, 6.07) is 19.6. The van der Waals surface area contributed by atoms with E-state index in [9.17, 15) is 9.59 Å². The number of methoxy groups -OCH3 is 1. The second kappa shape index (κ2) is 13.3. The number of carbonyl (C=O) groups excluding carboxylic acids is 1. The number of halogens is 1. The number of aromatic nitrogens is 1. The Hall–Kier alpha value is -4.41. The van der Waals surface area contributed by atoms with Gasteiger partial charge in [-0.15, -0.1) is 0 Å². The number of amides is 1. The van der Waals surface area contributed by atoms with E-state index in [0.29, 0.717) is 61.2 Å². The van der Waals surface area contributed by atoms with Crippen molar-refractivity contribution in [1.82, 2.24) is 4.57 Å². The highest BCUT2D eigenvalue weighted by Crippen LogP contribution is 2.37. The average Bonchev–Trinajstić information content (AvgIpc) is 3.30. The van der Waals surface area contributed by atoms with Crippen molar-refractivity contribution in [3.8, 4) is 17.2 Å². The molecule has 1 aliphatic heterocycles. The van der Waals surface area contributed by atoms with Crippen molar-refractivity contribution >= 4 is 44.9 Å². The summed E-state index contributed by atoms with van der Waals surface area (Å²) in [6.45, 7) is 8.25. The quantitative estimate of drug-likeness (QED) is 0.224. The first-order valence-electron chi connectivity index (χ1n) is 13.6. The van der Waals surface area contributed by atoms with Crippen LogP contribution in [0.25, 0.3) is 6.08 Å². The van der Waals surface area contributed by atoms with Crippen molar-refractivity contribution in [2.45, 2.75) is 19.9 Å². The van der Waals surface area contributed by atoms with Gasteiger partial charge >= 0.3 is 0 Å². The van der Waals surface area contributed by atoms with Crippen LogP contribution in [0.1, 0.15) is 31.0 Å². The fourth-order valence-corrected chi connectivity index (χ4v) is 6.44. The second-order valence-electron chi connectivity index (χ2n) is 9.54. The lowest BCUT2D eigenvalue weighted by Gasteiger charge is -2.25. The number of nitrogens with one attached hydrogen (secondary N) is 1. The number of nitrogens with zero attached hydrogens (tertiary/aromatic N) is 2. The van der Waals surface area contributed by atoms with E-state index < -0.39 is 6.04 Å². The molecular weight excluding hydrogens is 630 g/mol. The molecule has 220 valence electrons. The first-order chi connectivity index (χ1) is 20.8. The van der Waals surface area contributed by atoms with Crippen LogP contribution in [0.15, 0.2) is 105 Å². The maximum Gasteiger partial charge on any atom is 0.271 e. The van der Waals surface area contributed by atoms with Gasteiger partial charge in [-0.25, -0.2) is 4.99 Å². The molecule has 3 aromatic carbocycles. The Morgan fingerprint density at radius 1 is 1.14 bits per heavy atom. The van der Waals surface area contributed by atoms with Gasteiger partial charge in [0.1, 0.15) is 12.4 Å². The van der Waals surface area contributed by atoms with E-state index in [-0.39, 0.29) is 11.5 Å². The molecule has 1 aliphatic rings. The first kappa shape index (κ1) is 30.1. The Morgan fingerprint density at radius 3 is 2.56 bits per heavy atom. The van der Waals surface area contributed by atoms with Gasteiger partial charge in [-0.1, -0.05) is 54.3 Å². The van der Waals surface area contributed by atoms with E-state index in [1.54, 1.807) is 36.8 Å². The van der Waals surface area contributed by atoms with E-state index in [4.69, 9.17) is 19.2 Å². The molecule has 1 aromatic heterocycles. The van der Waals surface area contributed by atoms with Crippen molar-refractivity contribution in [3.05, 3.63) is 126 Å². The Balaban J connectivity index is 1.64. The molecule has 0 unspecified atom stereocenters. The summed E-state index contributed by atoms with van der Waals surface area (Å²) in [5.41, 5.74) is 2.80. The van der Waals surface area contributed by atoms with Crippen LogP contribution in [0.5, 0.6) is 17.2 Å². The van der Waals surface area contributed by atoms with Gasteiger partial charge in [0.2, 0.25) is 0 Å². The number of hydrogen-bond donors (Lipinski definition) is 1. The molecule has 4 aromatic rings. The third kappa shape index (κ3) is 6.35. The fourth-order valence-electron chi connectivity index (χ4n) is 4.82. The highest BCUT2D eigenvalue weighted by atomic mass is 79.9. The van der Waals surface area contributed by atoms with Gasteiger partial charge in [0.25, 0.3) is 11.5 Å². The molecule has 2 heterocycles. The van der Waals surface area contributed by atoms with E-state index in [0.717, 1.165) is 11.1 Å². The van der Waals surface area contributed by atoms with Gasteiger partial charge in [0, 0.05) is 5.69 Å². The number of carbonyl (C=O) groups is 1. The molecular formula is C33H30BrN3O5S. The SMILES string of the molecule is C=CCOc1c(Br)cc(/C=c2\sc3n(c2=O)[C@@H](c2ccc(OCC)cc2)C(C(=O)Nc2ccccc2)=C(C)N=3)cc1OC. The van der Waals surface area contributed by atoms with Gasteiger partial charge < -0.3 is 19.5 Å². The van der Waals surface area contributed by atoms with Gasteiger partial charge in [-0.3, -0.25) is 14.2 Å². The van der Waals surface area contributed by atoms with E-state index >= 15 is 0 Å². The van der Waals surface area contributed by atoms with Crippen LogP contribution in [0.2, 0.25) is 0 Å². The highest BCUT2D eigenvalue weighted by molar-refractivity contribution is 9.10. The van der Waals surface area contributed by atoms with Gasteiger partial charge in [0.05, 0.1) is 40.0 Å². The van der Waals surface area contributed by atoms with Crippen LogP contribution in [-0.4, -0.2) is 30.8 Å². The molecule has 1 N–H and O–H groups in total. The molecule has 0 spiro atoms. The Labute approximate surface area is 261 Å². The van der Waals surface area contributed by atoms with Crippen molar-refractivity contribution in [2.24, 2.45) is 4.99 Å². The minimum absolute atomic E-state index is 0.262. The summed E-state index contributed by atoms with van der Waals surface area (Å²) in [6.07, 6.45) is 3.43. The summed E-state index contributed by atoms with van der Waals surface area (Å²) in [5.74, 6) is 1.43. The summed E-state index contributed by atoms with van der Waals surface area (Å²) >= 11 is 4.82. The fraction of sp³-hybridized carbons (Fsp3) is 0.182. The third-order valence-electron chi connectivity index (χ3n) is 6.70. The Bertz CT molecular complexity index is 1880. The number of hydrogen-bond acceptors (Lipinski definition) is 7. The number of benzene rings is 3. The minimum atomic E-state index is -0.700. The molecule has 1 amide bonds. The molecule has 8 nitrogen and oxygen atoms in total. The van der Waals surface area contributed by atoms with Crippen LogP contribution >= 0.6 is 27.3 Å². The maximum absolute atomic E-state index is 14.1. The van der Waals surface area contributed by atoms with Gasteiger partial charge in [-0.05, 0) is 83.4 Å². The van der Waals surface area contributed by atoms with Crippen LogP contribution in [-0.2, 0) is 4.79 Å². The third-order valence-corrected chi connectivity index (χ3v) is 8.27. The number of thiazole rings is 1. The standard InChI is InChI=1S/C33H30BrN3O5S/c1-5-16-42-30-25(34)17-21(18-26(30)40-4)19-27-32(39)37-29(22-12-14-24(15-13-22)41-6-2)28(20(3)35-33(37)43-27)31(38)36-23-10-8-7-9-11-23/h5,7-15,17-19,29H,1,6,16H2,2-4H3,(H,36,38)/b27-19-/t29-/m0/s1. The first-order valence-corrected chi connectivity index (χ1v) is 15.2. The number of fused-ring (bicyclic) bond motifs is 1. The molecule has 0 aliphatic carbocycles. The molecule has 0 saturated carbocycles. The molecule has 0 radical (unpaired) electrons. The zero-order valence-electron chi connectivity index (χ0n) is 23.9. The molecule has 5 rings (SSSR count). The lowest BCUT2D eigenvalue weighted by molar-refractivity contribution is -0.113. The summed E-state index contributed by atoms with van der Waals surface area (Å²) in [5, 5.41) is 2.97. The van der Waals surface area contributed by atoms with Crippen LogP contribution in [0.3, 0.4) is 0 Å². The maximum atomic E-state index is 14.1. The van der Waals surface area contributed by atoms with Gasteiger partial charge in [0.15, 0.2) is 16.3 Å². The number of rotatable bonds is 10. The van der Waals surface area contributed by atoms with Crippen molar-refractivity contribution in [1.29, 1.82) is 0 Å². The average molecular weight is 661 g/mol. The van der Waals surface area contributed by atoms with Crippen molar-refractivity contribution < 1.29 is 19.0 Å². The molecule has 0 bridgehead atoms. The number of ether oxygens (including phenoxy) is 3. The zero-order chi connectivity index (χ0) is 30.5. The van der Waals surface area contributed by atoms with Crippen LogP contribution < -0.4 is 34.4 Å². The second-order valence-corrected chi connectivity index (χ2v) is 11.4. The highest BCUT2D eigenvalue weighted by Gasteiger charge is 2.32. The molecule has 0 fully saturated rings. The van der Waals surface area contributed by atoms with E-state index in [1.807, 2.05) is 67.6 Å². The topological polar surface area (TPSA) is 91.2 Å². The Kier molecular flexibility index (Phi) is 9.27. The largest absolute Gasteiger partial charge is 0.494 e. The smallest absolute Gasteiger partial charge is 0.271 e. The molecule has 10 heteroatoms. The molecule has 1 atom stereocenters. The normalized spacial score (nSPS) is 14.5. The lowest BCUT2D eigenvalue weighted by Crippen LogP contribution is -2.40. The predicted octanol–water partition coefficient (Wildman–Crippen LogP) is 5.61. The number of anilines is 1. The summed E-state index contributed by atoms with van der Waals surface area (Å²) in [7, 11) is 1.56. The minimum Gasteiger partial charge on any atom is -0.494 e. The van der Waals surface area contributed by atoms with E-state index in [1.165, 1.54) is 11.3 Å². The van der Waals surface area contributed by atoms with Crippen LogP contribution in [0.4, 0.5) is 5.69 Å². The Morgan fingerprint density at radius 2 is 1.88 bits per heavy atom. The van der Waals surface area contributed by atoms with Crippen LogP contribution in [0, 0.1) is 0 Å².